The monoisotopic (exact) mass is 407 g/mol. The molecule has 1 aromatic heterocycles. The Morgan fingerprint density at radius 1 is 1.41 bits per heavy atom. The van der Waals surface area contributed by atoms with Crippen molar-refractivity contribution in [3.63, 3.8) is 0 Å². The van der Waals surface area contributed by atoms with Crippen LogP contribution in [0.4, 0.5) is 10.8 Å². The molecule has 1 atom stereocenters. The van der Waals surface area contributed by atoms with Crippen LogP contribution in [0.25, 0.3) is 0 Å². The van der Waals surface area contributed by atoms with Gasteiger partial charge in [-0.15, -0.1) is 10.2 Å². The maximum absolute atomic E-state index is 12.4. The maximum Gasteiger partial charge on any atom is 0.233 e. The fourth-order valence-electron chi connectivity index (χ4n) is 2.83. The van der Waals surface area contributed by atoms with Crippen LogP contribution in [0.15, 0.2) is 28.6 Å². The van der Waals surface area contributed by atoms with Crippen molar-refractivity contribution < 1.29 is 14.3 Å². The van der Waals surface area contributed by atoms with Crippen LogP contribution in [0.3, 0.4) is 0 Å². The third-order valence-corrected chi connectivity index (χ3v) is 6.21. The molecule has 1 fully saturated rings. The number of rotatable bonds is 7. The number of nitrogens with zero attached hydrogens (tertiary/aromatic N) is 3. The van der Waals surface area contributed by atoms with E-state index >= 15 is 0 Å². The van der Waals surface area contributed by atoms with E-state index in [-0.39, 0.29) is 23.5 Å². The van der Waals surface area contributed by atoms with Gasteiger partial charge >= 0.3 is 0 Å². The predicted molar refractivity (Wildman–Crippen MR) is 105 cm³/mol. The highest BCUT2D eigenvalue weighted by atomic mass is 32.2. The number of anilines is 2. The summed E-state index contributed by atoms with van der Waals surface area (Å²) in [5.41, 5.74) is 6.17. The van der Waals surface area contributed by atoms with Gasteiger partial charge in [0.1, 0.15) is 5.75 Å². The minimum Gasteiger partial charge on any atom is -0.495 e. The van der Waals surface area contributed by atoms with Gasteiger partial charge in [-0.05, 0) is 25.0 Å². The smallest absolute Gasteiger partial charge is 0.233 e. The van der Waals surface area contributed by atoms with Crippen molar-refractivity contribution in [1.82, 2.24) is 15.1 Å². The number of carbonyl (C=O) groups is 2. The third-order valence-electron chi connectivity index (χ3n) is 4.25. The molecule has 2 amide bonds. The van der Waals surface area contributed by atoms with Crippen LogP contribution in [0, 0.1) is 5.92 Å². The van der Waals surface area contributed by atoms with E-state index < -0.39 is 0 Å². The number of benzene rings is 1. The van der Waals surface area contributed by atoms with Crippen LogP contribution in [-0.4, -0.2) is 52.9 Å². The zero-order valence-electron chi connectivity index (χ0n) is 14.9. The Morgan fingerprint density at radius 2 is 2.22 bits per heavy atom. The second kappa shape index (κ2) is 9.05. The number of likely N-dealkylation sites (tertiary alicyclic amines) is 1. The van der Waals surface area contributed by atoms with Crippen LogP contribution in [0.5, 0.6) is 5.75 Å². The van der Waals surface area contributed by atoms with Gasteiger partial charge in [0.25, 0.3) is 0 Å². The highest BCUT2D eigenvalue weighted by Crippen LogP contribution is 2.31. The van der Waals surface area contributed by atoms with Crippen molar-refractivity contribution in [1.29, 1.82) is 0 Å². The molecule has 8 nitrogen and oxygen atoms in total. The lowest BCUT2D eigenvalue weighted by molar-refractivity contribution is -0.132. The molecule has 144 valence electrons. The molecule has 10 heteroatoms. The van der Waals surface area contributed by atoms with Gasteiger partial charge < -0.3 is 20.7 Å². The molecule has 0 bridgehead atoms. The Morgan fingerprint density at radius 3 is 3.00 bits per heavy atom. The number of thioether (sulfide) groups is 1. The van der Waals surface area contributed by atoms with Gasteiger partial charge in [0.15, 0.2) is 4.34 Å². The molecule has 0 aliphatic carbocycles. The van der Waals surface area contributed by atoms with Gasteiger partial charge in [0.2, 0.25) is 16.9 Å². The predicted octanol–water partition coefficient (Wildman–Crippen LogP) is 2.11. The first kappa shape index (κ1) is 19.4. The molecule has 0 radical (unpaired) electrons. The molecular weight excluding hydrogens is 386 g/mol. The van der Waals surface area contributed by atoms with Gasteiger partial charge in [-0.1, -0.05) is 35.2 Å². The van der Waals surface area contributed by atoms with Crippen molar-refractivity contribution in [2.45, 2.75) is 17.2 Å². The number of para-hydroxylation sites is 2. The lowest BCUT2D eigenvalue weighted by Gasteiger charge is -2.31. The molecule has 0 saturated carbocycles. The molecule has 3 N–H and O–H groups in total. The average Bonchev–Trinajstić information content (AvgIpc) is 3.14. The molecule has 2 aromatic rings. The van der Waals surface area contributed by atoms with Crippen molar-refractivity contribution in [3.05, 3.63) is 24.3 Å². The lowest BCUT2D eigenvalue weighted by Crippen LogP contribution is -2.44. The van der Waals surface area contributed by atoms with Gasteiger partial charge in [-0.2, -0.15) is 0 Å². The minimum atomic E-state index is -0.337. The zero-order valence-corrected chi connectivity index (χ0v) is 16.5. The summed E-state index contributed by atoms with van der Waals surface area (Å²) in [6.07, 6.45) is 1.55. The van der Waals surface area contributed by atoms with Crippen molar-refractivity contribution in [2.24, 2.45) is 11.7 Å². The molecular formula is C17H21N5O3S2. The van der Waals surface area contributed by atoms with E-state index in [1.54, 1.807) is 12.0 Å². The van der Waals surface area contributed by atoms with E-state index in [0.29, 0.717) is 28.3 Å². The number of carbonyl (C=O) groups excluding carboxylic acids is 2. The Bertz CT molecular complexity index is 813. The standard InChI is InChI=1S/C17H21N5O3S2/c1-25-13-7-3-2-6-12(13)19-16-20-21-17(27-16)26-10-14(23)22-8-4-5-11(9-22)15(18)24/h2-3,6-7,11H,4-5,8-10H2,1H3,(H2,18,24)(H,19,20)/t11-/m1/s1. The molecule has 0 spiro atoms. The van der Waals surface area contributed by atoms with Crippen LogP contribution in [0.2, 0.25) is 0 Å². The van der Waals surface area contributed by atoms with E-state index in [9.17, 15) is 9.59 Å². The average molecular weight is 408 g/mol. The summed E-state index contributed by atoms with van der Waals surface area (Å²) < 4.78 is 6.00. The fraction of sp³-hybridized carbons (Fsp3) is 0.412. The number of primary amides is 1. The van der Waals surface area contributed by atoms with Crippen molar-refractivity contribution >= 4 is 45.7 Å². The van der Waals surface area contributed by atoms with E-state index in [1.807, 2.05) is 24.3 Å². The number of piperidine rings is 1. The second-order valence-corrected chi connectivity index (χ2v) is 8.27. The molecule has 1 saturated heterocycles. The Kier molecular flexibility index (Phi) is 6.51. The molecule has 2 heterocycles. The number of methoxy groups -OCH3 is 1. The van der Waals surface area contributed by atoms with Gasteiger partial charge in [0, 0.05) is 13.1 Å². The molecule has 27 heavy (non-hydrogen) atoms. The first-order chi connectivity index (χ1) is 13.1. The molecule has 3 rings (SSSR count). The summed E-state index contributed by atoms with van der Waals surface area (Å²) in [5.74, 6) is 0.378. The topological polar surface area (TPSA) is 110 Å². The number of hydrogen-bond acceptors (Lipinski definition) is 8. The molecule has 0 unspecified atom stereocenters. The second-order valence-electron chi connectivity index (χ2n) is 6.07. The summed E-state index contributed by atoms with van der Waals surface area (Å²) in [7, 11) is 1.61. The SMILES string of the molecule is COc1ccccc1Nc1nnc(SCC(=O)N2CCC[C@@H](C(N)=O)C2)s1. The highest BCUT2D eigenvalue weighted by molar-refractivity contribution is 8.01. The number of aromatic nitrogens is 2. The van der Waals surface area contributed by atoms with Gasteiger partial charge in [0.05, 0.1) is 24.5 Å². The number of hydrogen-bond donors (Lipinski definition) is 2. The normalized spacial score (nSPS) is 16.8. The van der Waals surface area contributed by atoms with Gasteiger partial charge in [-0.3, -0.25) is 9.59 Å². The lowest BCUT2D eigenvalue weighted by atomic mass is 9.97. The number of nitrogens with one attached hydrogen (secondary N) is 1. The number of ether oxygens (including phenoxy) is 1. The number of nitrogens with two attached hydrogens (primary N) is 1. The molecule has 1 aliphatic rings. The van der Waals surface area contributed by atoms with Crippen LogP contribution in [-0.2, 0) is 9.59 Å². The van der Waals surface area contributed by atoms with Crippen LogP contribution >= 0.6 is 23.1 Å². The number of amides is 2. The van der Waals surface area contributed by atoms with Crippen LogP contribution < -0.4 is 15.8 Å². The quantitative estimate of drug-likeness (QED) is 0.676. The van der Waals surface area contributed by atoms with Crippen molar-refractivity contribution in [3.8, 4) is 5.75 Å². The van der Waals surface area contributed by atoms with Crippen LogP contribution in [0.1, 0.15) is 12.8 Å². The maximum atomic E-state index is 12.4. The summed E-state index contributed by atoms with van der Waals surface area (Å²) in [4.78, 5) is 25.5. The summed E-state index contributed by atoms with van der Waals surface area (Å²) in [5, 5.41) is 12.0. The first-order valence-electron chi connectivity index (χ1n) is 8.50. The summed E-state index contributed by atoms with van der Waals surface area (Å²) in [6, 6.07) is 7.54. The fourth-order valence-corrected chi connectivity index (χ4v) is 4.50. The van der Waals surface area contributed by atoms with E-state index in [0.717, 1.165) is 18.5 Å². The largest absolute Gasteiger partial charge is 0.495 e. The van der Waals surface area contributed by atoms with E-state index in [4.69, 9.17) is 10.5 Å². The minimum absolute atomic E-state index is 0.0135. The Labute approximate surface area is 165 Å². The first-order valence-corrected chi connectivity index (χ1v) is 10.3. The third kappa shape index (κ3) is 5.10. The zero-order chi connectivity index (χ0) is 19.2. The molecule has 1 aromatic carbocycles. The van der Waals surface area contributed by atoms with Crippen molar-refractivity contribution in [2.75, 3.05) is 31.3 Å². The van der Waals surface area contributed by atoms with E-state index in [2.05, 4.69) is 15.5 Å². The Hall–Kier alpha value is -2.33. The van der Waals surface area contributed by atoms with Gasteiger partial charge in [-0.25, -0.2) is 0 Å². The van der Waals surface area contributed by atoms with E-state index in [1.165, 1.54) is 23.1 Å². The highest BCUT2D eigenvalue weighted by Gasteiger charge is 2.27. The Balaban J connectivity index is 1.53. The molecule has 1 aliphatic heterocycles. The summed E-state index contributed by atoms with van der Waals surface area (Å²) in [6.45, 7) is 1.07. The summed E-state index contributed by atoms with van der Waals surface area (Å²) >= 11 is 2.71.